The Morgan fingerprint density at radius 2 is 1.96 bits per heavy atom. The third-order valence-corrected chi connectivity index (χ3v) is 6.75. The van der Waals surface area contributed by atoms with E-state index >= 15 is 0 Å². The second-order valence-corrected chi connectivity index (χ2v) is 8.81. The Morgan fingerprint density at radius 1 is 1.18 bits per heavy atom. The zero-order valence-electron chi connectivity index (χ0n) is 15.8. The van der Waals surface area contributed by atoms with Crippen LogP contribution in [-0.2, 0) is 14.3 Å². The number of nitrogens with zero attached hydrogens (tertiary/aromatic N) is 3. The molecule has 1 fully saturated rings. The van der Waals surface area contributed by atoms with Gasteiger partial charge in [0.1, 0.15) is 11.6 Å². The summed E-state index contributed by atoms with van der Waals surface area (Å²) in [6.07, 6.45) is 2.45. The largest absolute Gasteiger partial charge is 0.483 e. The molecule has 1 aromatic carbocycles. The van der Waals surface area contributed by atoms with Gasteiger partial charge in [-0.2, -0.15) is 0 Å². The summed E-state index contributed by atoms with van der Waals surface area (Å²) in [5.74, 6) is 0.302. The Balaban J connectivity index is 1.64. The molecule has 0 spiro atoms. The number of hydrogen-bond donors (Lipinski definition) is 0. The number of aryl methyl sites for hydroxylation is 1. The van der Waals surface area contributed by atoms with E-state index in [9.17, 15) is 9.59 Å². The van der Waals surface area contributed by atoms with E-state index in [1.165, 1.54) is 11.3 Å². The average Bonchev–Trinajstić information content (AvgIpc) is 3.30. The molecule has 4 unspecified atom stereocenters. The molecule has 0 N–H and O–H groups in total. The van der Waals surface area contributed by atoms with E-state index in [0.29, 0.717) is 16.6 Å². The lowest BCUT2D eigenvalue weighted by Gasteiger charge is -2.37. The molecule has 2 aliphatic heterocycles. The average molecular weight is 395 g/mol. The Kier molecular flexibility index (Phi) is 4.08. The molecule has 3 heterocycles. The molecule has 144 valence electrons. The smallest absolute Gasteiger partial charge is 0.296 e. The number of ketones is 1. The fourth-order valence-electron chi connectivity index (χ4n) is 4.61. The molecule has 0 saturated heterocycles. The van der Waals surface area contributed by atoms with E-state index in [4.69, 9.17) is 4.74 Å². The molecule has 28 heavy (non-hydrogen) atoms. The van der Waals surface area contributed by atoms with E-state index in [1.54, 1.807) is 10.4 Å². The lowest BCUT2D eigenvalue weighted by Crippen LogP contribution is -2.41. The predicted octanol–water partition coefficient (Wildman–Crippen LogP) is 3.59. The number of benzene rings is 1. The Hall–Kier alpha value is -2.54. The number of hydrogen-bond acceptors (Lipinski definition) is 6. The highest BCUT2D eigenvalue weighted by Crippen LogP contribution is 2.49. The van der Waals surface area contributed by atoms with Crippen LogP contribution >= 0.6 is 11.3 Å². The van der Waals surface area contributed by atoms with Crippen molar-refractivity contribution in [3.05, 3.63) is 52.2 Å². The number of fused-ring (bicyclic) bond motifs is 1. The summed E-state index contributed by atoms with van der Waals surface area (Å²) < 4.78 is 6.17. The van der Waals surface area contributed by atoms with Crippen LogP contribution < -0.4 is 4.90 Å². The van der Waals surface area contributed by atoms with Crippen LogP contribution in [0.4, 0.5) is 5.13 Å². The normalized spacial score (nSPS) is 29.6. The lowest BCUT2D eigenvalue weighted by molar-refractivity contribution is -0.132. The standard InChI is InChI=1S/C21H21N3O3S/c1-11-3-6-13(7-4-11)17-16-18(25)14-9-12(2)5-8-15(14)27-19(16)20(26)24(17)21-23-22-10-28-21/h3-4,6-7,10,12,14-15,17H,5,8-9H2,1-2H3. The molecular weight excluding hydrogens is 374 g/mol. The Bertz CT molecular complexity index is 967. The van der Waals surface area contributed by atoms with Crippen LogP contribution in [0.1, 0.15) is 43.4 Å². The van der Waals surface area contributed by atoms with Crippen molar-refractivity contribution >= 4 is 28.2 Å². The predicted molar refractivity (Wildman–Crippen MR) is 105 cm³/mol. The van der Waals surface area contributed by atoms with E-state index < -0.39 is 6.04 Å². The molecule has 5 rings (SSSR count). The van der Waals surface area contributed by atoms with Crippen molar-refractivity contribution in [2.45, 2.75) is 45.3 Å². The maximum Gasteiger partial charge on any atom is 0.296 e. The number of carbonyl (C=O) groups excluding carboxylic acids is 2. The SMILES string of the molecule is Cc1ccc(C2C3=C(OC4CCC(C)CC4C3=O)C(=O)N2c2nncs2)cc1. The molecule has 4 atom stereocenters. The monoisotopic (exact) mass is 395 g/mol. The number of carbonyl (C=O) groups is 2. The minimum absolute atomic E-state index is 0.0590. The van der Waals surface area contributed by atoms with Crippen molar-refractivity contribution in [2.75, 3.05) is 4.90 Å². The molecule has 1 aromatic heterocycles. The van der Waals surface area contributed by atoms with Crippen molar-refractivity contribution < 1.29 is 14.3 Å². The van der Waals surface area contributed by atoms with Gasteiger partial charge < -0.3 is 4.74 Å². The highest BCUT2D eigenvalue weighted by Gasteiger charge is 2.53. The second kappa shape index (κ2) is 6.51. The highest BCUT2D eigenvalue weighted by molar-refractivity contribution is 7.13. The molecule has 7 heteroatoms. The summed E-state index contributed by atoms with van der Waals surface area (Å²) in [4.78, 5) is 28.4. The molecular formula is C21H21N3O3S. The van der Waals surface area contributed by atoms with E-state index in [0.717, 1.165) is 30.4 Å². The van der Waals surface area contributed by atoms with E-state index in [-0.39, 0.29) is 29.5 Å². The zero-order chi connectivity index (χ0) is 19.4. The van der Waals surface area contributed by atoms with Gasteiger partial charge in [0.15, 0.2) is 11.5 Å². The molecule has 1 aliphatic carbocycles. The van der Waals surface area contributed by atoms with Gasteiger partial charge in [0, 0.05) is 0 Å². The summed E-state index contributed by atoms with van der Waals surface area (Å²) in [5.41, 5.74) is 4.09. The number of aromatic nitrogens is 2. The minimum Gasteiger partial charge on any atom is -0.483 e. The van der Waals surface area contributed by atoms with Gasteiger partial charge in [-0.1, -0.05) is 48.1 Å². The molecule has 3 aliphatic rings. The van der Waals surface area contributed by atoms with Gasteiger partial charge in [-0.3, -0.25) is 14.5 Å². The zero-order valence-corrected chi connectivity index (χ0v) is 16.6. The van der Waals surface area contributed by atoms with Crippen molar-refractivity contribution in [3.63, 3.8) is 0 Å². The molecule has 1 amide bonds. The van der Waals surface area contributed by atoms with Crippen LogP contribution in [-0.4, -0.2) is 28.0 Å². The van der Waals surface area contributed by atoms with E-state index in [2.05, 4.69) is 17.1 Å². The van der Waals surface area contributed by atoms with Crippen molar-refractivity contribution in [1.82, 2.24) is 10.2 Å². The van der Waals surface area contributed by atoms with Gasteiger partial charge in [-0.25, -0.2) is 0 Å². The van der Waals surface area contributed by atoms with Crippen molar-refractivity contribution in [1.29, 1.82) is 0 Å². The first kappa shape index (κ1) is 17.6. The molecule has 2 aromatic rings. The quantitative estimate of drug-likeness (QED) is 0.777. The molecule has 0 bridgehead atoms. The Labute approximate surface area is 167 Å². The van der Waals surface area contributed by atoms with Crippen LogP contribution in [0.25, 0.3) is 0 Å². The maximum absolute atomic E-state index is 13.5. The van der Waals surface area contributed by atoms with Gasteiger partial charge in [-0.05, 0) is 37.7 Å². The number of anilines is 1. The summed E-state index contributed by atoms with van der Waals surface area (Å²) in [7, 11) is 0. The number of rotatable bonds is 2. The summed E-state index contributed by atoms with van der Waals surface area (Å²) >= 11 is 1.29. The van der Waals surface area contributed by atoms with Gasteiger partial charge in [0.2, 0.25) is 5.13 Å². The third-order valence-electron chi connectivity index (χ3n) is 6.06. The van der Waals surface area contributed by atoms with Crippen LogP contribution in [0.2, 0.25) is 0 Å². The Morgan fingerprint density at radius 3 is 2.68 bits per heavy atom. The number of amides is 1. The van der Waals surface area contributed by atoms with Gasteiger partial charge in [0.05, 0.1) is 17.5 Å². The summed E-state index contributed by atoms with van der Waals surface area (Å²) in [5, 5.41) is 8.48. The van der Waals surface area contributed by atoms with Crippen LogP contribution in [0.15, 0.2) is 41.1 Å². The third kappa shape index (κ3) is 2.60. The molecule has 0 radical (unpaired) electrons. The number of Topliss-reactive ketones (excluding diaryl/α,β-unsaturated/α-hetero) is 1. The topological polar surface area (TPSA) is 72.4 Å². The number of ether oxygens (including phenoxy) is 1. The minimum atomic E-state index is -0.512. The van der Waals surface area contributed by atoms with Crippen molar-refractivity contribution in [2.24, 2.45) is 11.8 Å². The molecule has 1 saturated carbocycles. The van der Waals surface area contributed by atoms with Crippen LogP contribution in [0.5, 0.6) is 0 Å². The first-order chi connectivity index (χ1) is 13.5. The first-order valence-corrected chi connectivity index (χ1v) is 10.5. The van der Waals surface area contributed by atoms with Crippen molar-refractivity contribution in [3.8, 4) is 0 Å². The fourth-order valence-corrected chi connectivity index (χ4v) is 5.20. The van der Waals surface area contributed by atoms with Crippen LogP contribution in [0, 0.1) is 18.8 Å². The van der Waals surface area contributed by atoms with Gasteiger partial charge >= 0.3 is 0 Å². The second-order valence-electron chi connectivity index (χ2n) is 8.00. The lowest BCUT2D eigenvalue weighted by atomic mass is 9.74. The summed E-state index contributed by atoms with van der Waals surface area (Å²) in [6, 6.07) is 7.43. The molecule has 6 nitrogen and oxygen atoms in total. The van der Waals surface area contributed by atoms with E-state index in [1.807, 2.05) is 31.2 Å². The fraction of sp³-hybridized carbons (Fsp3) is 0.429. The summed E-state index contributed by atoms with van der Waals surface area (Å²) in [6.45, 7) is 4.19. The van der Waals surface area contributed by atoms with Gasteiger partial charge in [-0.15, -0.1) is 10.2 Å². The maximum atomic E-state index is 13.5. The van der Waals surface area contributed by atoms with Gasteiger partial charge in [0.25, 0.3) is 5.91 Å². The van der Waals surface area contributed by atoms with Crippen LogP contribution in [0.3, 0.4) is 0 Å². The highest BCUT2D eigenvalue weighted by atomic mass is 32.1. The first-order valence-electron chi connectivity index (χ1n) is 9.66.